The number of carbonyl (C=O) groups is 1. The van der Waals surface area contributed by atoms with E-state index < -0.39 is 0 Å². The van der Waals surface area contributed by atoms with Crippen molar-refractivity contribution in [3.05, 3.63) is 64.1 Å². The minimum absolute atomic E-state index is 0.130. The Morgan fingerprint density at radius 2 is 1.92 bits per heavy atom. The van der Waals surface area contributed by atoms with E-state index in [4.69, 9.17) is 4.74 Å². The zero-order valence-corrected chi connectivity index (χ0v) is 14.5. The molecule has 0 aliphatic rings. The van der Waals surface area contributed by atoms with Gasteiger partial charge in [-0.1, -0.05) is 12.1 Å². The van der Waals surface area contributed by atoms with Gasteiger partial charge in [-0.2, -0.15) is 0 Å². The summed E-state index contributed by atoms with van der Waals surface area (Å²) < 4.78 is 7.11. The van der Waals surface area contributed by atoms with Crippen molar-refractivity contribution in [3.8, 4) is 5.75 Å². The van der Waals surface area contributed by atoms with Gasteiger partial charge in [0.25, 0.3) is 5.91 Å². The van der Waals surface area contributed by atoms with Crippen LogP contribution in [-0.2, 0) is 13.6 Å². The van der Waals surface area contributed by atoms with Crippen LogP contribution in [0.4, 0.5) is 0 Å². The standard InChI is InChI=1S/C19H21N3O3/c1-12(2)25-15-7-4-13(5-8-15)11-20-18(23)14-6-9-17-16(10-14)21-19(24)22(17)3/h4-10,12H,11H2,1-3H3,(H,20,23)(H,21,24). The molecule has 6 heteroatoms. The van der Waals surface area contributed by atoms with Gasteiger partial charge in [-0.05, 0) is 49.7 Å². The van der Waals surface area contributed by atoms with Crippen LogP contribution in [0, 0.1) is 0 Å². The number of aromatic amines is 1. The highest BCUT2D eigenvalue weighted by molar-refractivity contribution is 5.97. The van der Waals surface area contributed by atoms with Crippen LogP contribution in [0.2, 0.25) is 0 Å². The third kappa shape index (κ3) is 3.74. The maximum Gasteiger partial charge on any atom is 0.326 e. The van der Waals surface area contributed by atoms with Crippen molar-refractivity contribution in [2.75, 3.05) is 0 Å². The molecule has 0 radical (unpaired) electrons. The van der Waals surface area contributed by atoms with Crippen molar-refractivity contribution < 1.29 is 9.53 Å². The van der Waals surface area contributed by atoms with Crippen LogP contribution in [0.1, 0.15) is 29.8 Å². The van der Waals surface area contributed by atoms with Gasteiger partial charge in [0.05, 0.1) is 17.1 Å². The van der Waals surface area contributed by atoms with Crippen LogP contribution >= 0.6 is 0 Å². The Labute approximate surface area is 145 Å². The van der Waals surface area contributed by atoms with Gasteiger partial charge >= 0.3 is 5.69 Å². The second-order valence-corrected chi connectivity index (χ2v) is 6.21. The minimum Gasteiger partial charge on any atom is -0.491 e. The number of carbonyl (C=O) groups excluding carboxylic acids is 1. The number of amides is 1. The highest BCUT2D eigenvalue weighted by Crippen LogP contribution is 2.15. The van der Waals surface area contributed by atoms with Gasteiger partial charge in [0, 0.05) is 19.2 Å². The summed E-state index contributed by atoms with van der Waals surface area (Å²) in [6.45, 7) is 4.38. The molecule has 0 bridgehead atoms. The number of ether oxygens (including phenoxy) is 1. The lowest BCUT2D eigenvalue weighted by Gasteiger charge is -2.10. The van der Waals surface area contributed by atoms with E-state index in [1.165, 1.54) is 4.57 Å². The topological polar surface area (TPSA) is 76.1 Å². The second kappa shape index (κ2) is 6.84. The molecule has 130 valence electrons. The van der Waals surface area contributed by atoms with E-state index in [1.54, 1.807) is 25.2 Å². The third-order valence-electron chi connectivity index (χ3n) is 3.91. The Bertz CT molecular complexity index is 952. The maximum absolute atomic E-state index is 12.3. The summed E-state index contributed by atoms with van der Waals surface area (Å²) in [7, 11) is 1.69. The van der Waals surface area contributed by atoms with Crippen molar-refractivity contribution in [1.82, 2.24) is 14.9 Å². The SMILES string of the molecule is CC(C)Oc1ccc(CNC(=O)c2ccc3c(c2)[nH]c(=O)n3C)cc1. The number of nitrogens with one attached hydrogen (secondary N) is 2. The predicted molar refractivity (Wildman–Crippen MR) is 96.9 cm³/mol. The van der Waals surface area contributed by atoms with Crippen LogP contribution in [0.3, 0.4) is 0 Å². The van der Waals surface area contributed by atoms with Crippen LogP contribution < -0.4 is 15.7 Å². The fourth-order valence-electron chi connectivity index (χ4n) is 2.62. The van der Waals surface area contributed by atoms with Gasteiger partial charge < -0.3 is 15.0 Å². The van der Waals surface area contributed by atoms with Gasteiger partial charge in [0.1, 0.15) is 5.75 Å². The first-order chi connectivity index (χ1) is 11.9. The summed E-state index contributed by atoms with van der Waals surface area (Å²) in [6, 6.07) is 12.8. The summed E-state index contributed by atoms with van der Waals surface area (Å²) in [5.41, 5.74) is 2.71. The molecule has 0 fully saturated rings. The normalized spacial score (nSPS) is 11.0. The average Bonchev–Trinajstić information content (AvgIpc) is 2.87. The molecule has 2 aromatic carbocycles. The molecule has 0 saturated heterocycles. The van der Waals surface area contributed by atoms with Crippen molar-refractivity contribution in [2.24, 2.45) is 7.05 Å². The molecule has 0 saturated carbocycles. The monoisotopic (exact) mass is 339 g/mol. The van der Waals surface area contributed by atoms with Gasteiger partial charge in [-0.15, -0.1) is 0 Å². The number of aromatic nitrogens is 2. The van der Waals surface area contributed by atoms with Gasteiger partial charge in [0.15, 0.2) is 0 Å². The lowest BCUT2D eigenvalue weighted by Crippen LogP contribution is -2.22. The Morgan fingerprint density at radius 1 is 1.20 bits per heavy atom. The van der Waals surface area contributed by atoms with E-state index in [-0.39, 0.29) is 17.7 Å². The Balaban J connectivity index is 1.67. The maximum atomic E-state index is 12.3. The van der Waals surface area contributed by atoms with E-state index >= 15 is 0 Å². The molecule has 1 heterocycles. The zero-order chi connectivity index (χ0) is 18.0. The van der Waals surface area contributed by atoms with Crippen molar-refractivity contribution in [3.63, 3.8) is 0 Å². The number of imidazole rings is 1. The Kier molecular flexibility index (Phi) is 4.61. The molecule has 0 unspecified atom stereocenters. The smallest absolute Gasteiger partial charge is 0.326 e. The molecule has 0 spiro atoms. The fourth-order valence-corrected chi connectivity index (χ4v) is 2.62. The Hall–Kier alpha value is -3.02. The van der Waals surface area contributed by atoms with E-state index in [1.807, 2.05) is 38.1 Å². The molecule has 3 rings (SSSR count). The number of H-pyrrole nitrogens is 1. The summed E-state index contributed by atoms with van der Waals surface area (Å²) in [4.78, 5) is 26.7. The highest BCUT2D eigenvalue weighted by Gasteiger charge is 2.09. The molecule has 0 aliphatic carbocycles. The predicted octanol–water partition coefficient (Wildman–Crippen LogP) is 2.58. The molecule has 1 amide bonds. The number of fused-ring (bicyclic) bond motifs is 1. The molecule has 2 N–H and O–H groups in total. The van der Waals surface area contributed by atoms with Crippen LogP contribution in [0.25, 0.3) is 11.0 Å². The lowest BCUT2D eigenvalue weighted by atomic mass is 10.1. The first kappa shape index (κ1) is 16.8. The number of hydrogen-bond acceptors (Lipinski definition) is 3. The molecular weight excluding hydrogens is 318 g/mol. The van der Waals surface area contributed by atoms with E-state index in [2.05, 4.69) is 10.3 Å². The quantitative estimate of drug-likeness (QED) is 0.750. The summed E-state index contributed by atoms with van der Waals surface area (Å²) >= 11 is 0. The van der Waals surface area contributed by atoms with E-state index in [0.29, 0.717) is 17.6 Å². The van der Waals surface area contributed by atoms with Crippen molar-refractivity contribution in [2.45, 2.75) is 26.5 Å². The van der Waals surface area contributed by atoms with Crippen LogP contribution in [0.5, 0.6) is 5.75 Å². The van der Waals surface area contributed by atoms with Crippen molar-refractivity contribution >= 4 is 16.9 Å². The van der Waals surface area contributed by atoms with Crippen LogP contribution in [-0.4, -0.2) is 21.6 Å². The molecule has 3 aromatic rings. The van der Waals surface area contributed by atoms with Gasteiger partial charge in [-0.3, -0.25) is 9.36 Å². The third-order valence-corrected chi connectivity index (χ3v) is 3.91. The van der Waals surface area contributed by atoms with E-state index in [9.17, 15) is 9.59 Å². The summed E-state index contributed by atoms with van der Waals surface area (Å²) in [6.07, 6.45) is 0.130. The number of aryl methyl sites for hydroxylation is 1. The second-order valence-electron chi connectivity index (χ2n) is 6.21. The Morgan fingerprint density at radius 3 is 2.60 bits per heavy atom. The number of hydrogen-bond donors (Lipinski definition) is 2. The first-order valence-corrected chi connectivity index (χ1v) is 8.16. The number of nitrogens with zero attached hydrogens (tertiary/aromatic N) is 1. The molecule has 0 aliphatic heterocycles. The average molecular weight is 339 g/mol. The largest absolute Gasteiger partial charge is 0.491 e. The molecule has 1 aromatic heterocycles. The first-order valence-electron chi connectivity index (χ1n) is 8.16. The molecule has 0 atom stereocenters. The van der Waals surface area contributed by atoms with Gasteiger partial charge in [0.2, 0.25) is 0 Å². The summed E-state index contributed by atoms with van der Waals surface area (Å²) in [5.74, 6) is 0.623. The minimum atomic E-state index is -0.198. The van der Waals surface area contributed by atoms with Crippen molar-refractivity contribution in [1.29, 1.82) is 0 Å². The number of benzene rings is 2. The molecule has 25 heavy (non-hydrogen) atoms. The van der Waals surface area contributed by atoms with E-state index in [0.717, 1.165) is 16.8 Å². The summed E-state index contributed by atoms with van der Waals surface area (Å²) in [5, 5.41) is 2.88. The fraction of sp³-hybridized carbons (Fsp3) is 0.263. The van der Waals surface area contributed by atoms with Gasteiger partial charge in [-0.25, -0.2) is 4.79 Å². The van der Waals surface area contributed by atoms with Crippen LogP contribution in [0.15, 0.2) is 47.3 Å². The molecule has 6 nitrogen and oxygen atoms in total. The lowest BCUT2D eigenvalue weighted by molar-refractivity contribution is 0.0951. The zero-order valence-electron chi connectivity index (χ0n) is 14.5. The highest BCUT2D eigenvalue weighted by atomic mass is 16.5. The number of rotatable bonds is 5. The molecular formula is C19H21N3O3.